The summed E-state index contributed by atoms with van der Waals surface area (Å²) in [7, 11) is 0. The molecule has 1 aromatic rings. The van der Waals surface area contributed by atoms with E-state index in [-0.39, 0.29) is 11.5 Å². The zero-order chi connectivity index (χ0) is 14.9. The number of cyclic esters (lactones) is 1. The van der Waals surface area contributed by atoms with Crippen molar-refractivity contribution in [2.75, 3.05) is 0 Å². The molecule has 0 amide bonds. The van der Waals surface area contributed by atoms with Gasteiger partial charge < -0.3 is 4.74 Å². The van der Waals surface area contributed by atoms with Crippen LogP contribution in [-0.2, 0) is 9.53 Å². The summed E-state index contributed by atoms with van der Waals surface area (Å²) in [6, 6.07) is 6.35. The number of hydrogen-bond donors (Lipinski definition) is 0. The first-order chi connectivity index (χ1) is 9.26. The molecule has 0 aromatic heterocycles. The van der Waals surface area contributed by atoms with E-state index in [1.54, 1.807) is 31.2 Å². The number of esters is 1. The van der Waals surface area contributed by atoms with Gasteiger partial charge in [-0.3, -0.25) is 4.99 Å². The van der Waals surface area contributed by atoms with Crippen LogP contribution in [0.5, 0.6) is 0 Å². The van der Waals surface area contributed by atoms with Crippen LogP contribution in [0, 0.1) is 0 Å². The Balaban J connectivity index is 2.27. The summed E-state index contributed by atoms with van der Waals surface area (Å²) >= 11 is 5.83. The highest BCUT2D eigenvalue weighted by Gasteiger charge is 2.32. The summed E-state index contributed by atoms with van der Waals surface area (Å²) in [6.07, 6.45) is 0. The molecule has 4 nitrogen and oxygen atoms in total. The highest BCUT2D eigenvalue weighted by atomic mass is 35.5. The van der Waals surface area contributed by atoms with Crippen molar-refractivity contribution in [1.82, 2.24) is 0 Å². The molecule has 0 fully saturated rings. The van der Waals surface area contributed by atoms with Crippen molar-refractivity contribution in [1.29, 1.82) is 0 Å². The Morgan fingerprint density at radius 1 is 1.30 bits per heavy atom. The molecule has 5 heteroatoms. The van der Waals surface area contributed by atoms with Gasteiger partial charge in [0, 0.05) is 16.3 Å². The van der Waals surface area contributed by atoms with Gasteiger partial charge in [-0.2, -0.15) is 0 Å². The second kappa shape index (κ2) is 5.37. The minimum atomic E-state index is -0.653. The van der Waals surface area contributed by atoms with Crippen LogP contribution >= 0.6 is 11.6 Å². The van der Waals surface area contributed by atoms with Gasteiger partial charge in [-0.05, 0) is 52.0 Å². The predicted octanol–water partition coefficient (Wildman–Crippen LogP) is 3.27. The van der Waals surface area contributed by atoms with E-state index in [0.717, 1.165) is 5.56 Å². The molecule has 0 saturated heterocycles. The number of carbonyl (C=O) groups excluding carboxylic acids is 1. The summed E-state index contributed by atoms with van der Waals surface area (Å²) < 4.78 is 5.22. The zero-order valence-corrected chi connectivity index (χ0v) is 12.7. The van der Waals surface area contributed by atoms with Gasteiger partial charge in [0.15, 0.2) is 6.04 Å². The molecule has 0 saturated carbocycles. The highest BCUT2D eigenvalue weighted by molar-refractivity contribution is 6.30. The number of carbonyl (C=O) groups is 1. The molecular weight excluding hydrogens is 276 g/mol. The van der Waals surface area contributed by atoms with Crippen molar-refractivity contribution < 1.29 is 9.53 Å². The van der Waals surface area contributed by atoms with E-state index in [4.69, 9.17) is 16.3 Å². The third kappa shape index (κ3) is 3.45. The lowest BCUT2D eigenvalue weighted by Crippen LogP contribution is -2.26. The first-order valence-electron chi connectivity index (χ1n) is 6.38. The average molecular weight is 293 g/mol. The fourth-order valence-electron chi connectivity index (χ4n) is 1.93. The van der Waals surface area contributed by atoms with Gasteiger partial charge in [-0.1, -0.05) is 11.6 Å². The molecule has 1 unspecified atom stereocenters. The van der Waals surface area contributed by atoms with E-state index < -0.39 is 6.04 Å². The monoisotopic (exact) mass is 292 g/mol. The SMILES string of the molecule is CC(=NC(C)(C)C)C1N=C(c2ccc(Cl)cc2)OC1=O. The topological polar surface area (TPSA) is 51.0 Å². The van der Waals surface area contributed by atoms with Crippen LogP contribution in [0.3, 0.4) is 0 Å². The number of hydrogen-bond acceptors (Lipinski definition) is 4. The lowest BCUT2D eigenvalue weighted by Gasteiger charge is -2.14. The maximum atomic E-state index is 11.9. The van der Waals surface area contributed by atoms with Crippen molar-refractivity contribution in [3.05, 3.63) is 34.9 Å². The van der Waals surface area contributed by atoms with Gasteiger partial charge >= 0.3 is 5.97 Å². The molecule has 0 spiro atoms. The predicted molar refractivity (Wildman–Crippen MR) is 80.7 cm³/mol. The van der Waals surface area contributed by atoms with Crippen LogP contribution in [-0.4, -0.2) is 29.2 Å². The van der Waals surface area contributed by atoms with Crippen LogP contribution in [0.4, 0.5) is 0 Å². The molecule has 1 atom stereocenters. The van der Waals surface area contributed by atoms with Crippen molar-refractivity contribution >= 4 is 29.2 Å². The Labute approximate surface area is 123 Å². The van der Waals surface area contributed by atoms with Crippen LogP contribution < -0.4 is 0 Å². The third-order valence-corrected chi connectivity index (χ3v) is 2.92. The fourth-order valence-corrected chi connectivity index (χ4v) is 2.05. The number of aliphatic imine (C=N–C) groups is 2. The van der Waals surface area contributed by atoms with Crippen LogP contribution in [0.15, 0.2) is 34.3 Å². The minimum Gasteiger partial charge on any atom is -0.405 e. The van der Waals surface area contributed by atoms with Crippen molar-refractivity contribution in [3.8, 4) is 0 Å². The smallest absolute Gasteiger partial charge is 0.343 e. The first-order valence-corrected chi connectivity index (χ1v) is 6.76. The van der Waals surface area contributed by atoms with Gasteiger partial charge in [0.05, 0.1) is 5.54 Å². The normalized spacial score (nSPS) is 19.9. The van der Waals surface area contributed by atoms with Gasteiger partial charge in [0.25, 0.3) is 0 Å². The number of rotatable bonds is 2. The van der Waals surface area contributed by atoms with Crippen LogP contribution in [0.1, 0.15) is 33.3 Å². The standard InChI is InChI=1S/C15H17ClN2O2/c1-9(18-15(2,3)4)12-14(19)20-13(17-12)10-5-7-11(16)8-6-10/h5-8,12H,1-4H3. The van der Waals surface area contributed by atoms with E-state index >= 15 is 0 Å². The third-order valence-electron chi connectivity index (χ3n) is 2.67. The Bertz CT molecular complexity index is 583. The van der Waals surface area contributed by atoms with E-state index in [0.29, 0.717) is 16.6 Å². The Kier molecular flexibility index (Phi) is 3.95. The molecule has 0 bridgehead atoms. The molecule has 106 valence electrons. The maximum absolute atomic E-state index is 11.9. The van der Waals surface area contributed by atoms with Gasteiger partial charge in [-0.25, -0.2) is 9.79 Å². The zero-order valence-electron chi connectivity index (χ0n) is 12.0. The molecule has 0 aliphatic carbocycles. The number of halogens is 1. The average Bonchev–Trinajstić information content (AvgIpc) is 2.70. The van der Waals surface area contributed by atoms with Gasteiger partial charge in [0.1, 0.15) is 0 Å². The van der Waals surface area contributed by atoms with E-state index in [1.165, 1.54) is 0 Å². The molecule has 1 aliphatic rings. The van der Waals surface area contributed by atoms with Crippen molar-refractivity contribution in [2.45, 2.75) is 39.3 Å². The Hall–Kier alpha value is -1.68. The van der Waals surface area contributed by atoms with Gasteiger partial charge in [-0.15, -0.1) is 0 Å². The van der Waals surface area contributed by atoms with Crippen LogP contribution in [0.25, 0.3) is 0 Å². The molecule has 1 heterocycles. The quantitative estimate of drug-likeness (QED) is 0.620. The lowest BCUT2D eigenvalue weighted by atomic mass is 10.1. The highest BCUT2D eigenvalue weighted by Crippen LogP contribution is 2.18. The molecule has 20 heavy (non-hydrogen) atoms. The summed E-state index contributed by atoms with van der Waals surface area (Å²) in [5, 5.41) is 0.626. The number of nitrogens with zero attached hydrogens (tertiary/aromatic N) is 2. The molecule has 1 aliphatic heterocycles. The van der Waals surface area contributed by atoms with Crippen molar-refractivity contribution in [2.24, 2.45) is 9.98 Å². The number of benzene rings is 1. The van der Waals surface area contributed by atoms with E-state index in [1.807, 2.05) is 20.8 Å². The summed E-state index contributed by atoms with van der Waals surface area (Å²) in [6.45, 7) is 7.72. The lowest BCUT2D eigenvalue weighted by molar-refractivity contribution is -0.133. The molecule has 0 N–H and O–H groups in total. The largest absolute Gasteiger partial charge is 0.405 e. The molecular formula is C15H17ClN2O2. The minimum absolute atomic E-state index is 0.247. The Morgan fingerprint density at radius 3 is 2.45 bits per heavy atom. The summed E-state index contributed by atoms with van der Waals surface area (Å²) in [5.41, 5.74) is 1.14. The first kappa shape index (κ1) is 14.7. The van der Waals surface area contributed by atoms with Crippen LogP contribution in [0.2, 0.25) is 5.02 Å². The fraction of sp³-hybridized carbons (Fsp3) is 0.400. The summed E-state index contributed by atoms with van der Waals surface area (Å²) in [4.78, 5) is 20.7. The Morgan fingerprint density at radius 2 is 1.90 bits per heavy atom. The van der Waals surface area contributed by atoms with Crippen molar-refractivity contribution in [3.63, 3.8) is 0 Å². The second-order valence-electron chi connectivity index (χ2n) is 5.69. The maximum Gasteiger partial charge on any atom is 0.343 e. The molecule has 2 rings (SSSR count). The van der Waals surface area contributed by atoms with Gasteiger partial charge in [0.2, 0.25) is 5.90 Å². The second-order valence-corrected chi connectivity index (χ2v) is 6.13. The van der Waals surface area contributed by atoms with E-state index in [2.05, 4.69) is 9.98 Å². The molecule has 1 aromatic carbocycles. The molecule has 0 radical (unpaired) electrons. The summed E-state index contributed by atoms with van der Waals surface area (Å²) in [5.74, 6) is -0.0689. The number of ether oxygens (including phenoxy) is 1. The van der Waals surface area contributed by atoms with E-state index in [9.17, 15) is 4.79 Å².